The van der Waals surface area contributed by atoms with Crippen LogP contribution in [0.5, 0.6) is 0 Å². The van der Waals surface area contributed by atoms with Crippen LogP contribution in [0.3, 0.4) is 0 Å². The summed E-state index contributed by atoms with van der Waals surface area (Å²) >= 11 is 0. The van der Waals surface area contributed by atoms with Gasteiger partial charge in [0, 0.05) is 36.3 Å². The van der Waals surface area contributed by atoms with Gasteiger partial charge in [0.1, 0.15) is 28.7 Å². The van der Waals surface area contributed by atoms with Crippen molar-refractivity contribution in [2.75, 3.05) is 17.6 Å². The normalized spacial score (nSPS) is 15.2. The van der Waals surface area contributed by atoms with Crippen LogP contribution in [0.2, 0.25) is 0 Å². The number of amides is 2. The number of nitrogens with two attached hydrogens (primary N) is 1. The van der Waals surface area contributed by atoms with Crippen LogP contribution in [0.4, 0.5) is 11.6 Å². The van der Waals surface area contributed by atoms with Gasteiger partial charge in [-0.15, -0.1) is 0 Å². The van der Waals surface area contributed by atoms with E-state index in [9.17, 15) is 9.59 Å². The molecule has 4 aromatic rings. The van der Waals surface area contributed by atoms with Crippen LogP contribution in [0.15, 0.2) is 67.6 Å². The molecule has 1 aliphatic rings. The molecule has 1 fully saturated rings. The van der Waals surface area contributed by atoms with Crippen LogP contribution in [-0.2, 0) is 11.2 Å². The summed E-state index contributed by atoms with van der Waals surface area (Å²) < 4.78 is 1.91. The highest BCUT2D eigenvalue weighted by atomic mass is 16.2. The number of benzene rings is 1. The molecule has 182 valence electrons. The Bertz CT molecular complexity index is 1460. The number of hydrogen-bond donors (Lipinski definition) is 2. The van der Waals surface area contributed by atoms with Gasteiger partial charge in [0.25, 0.3) is 5.91 Å². The molecule has 2 amide bonds. The number of hydrogen-bond acceptors (Lipinski definition) is 6. The molecule has 0 spiro atoms. The maximum absolute atomic E-state index is 12.8. The summed E-state index contributed by atoms with van der Waals surface area (Å²) in [4.78, 5) is 40.4. The summed E-state index contributed by atoms with van der Waals surface area (Å²) in [6.45, 7) is 6.34. The Morgan fingerprint density at radius 3 is 2.75 bits per heavy atom. The fourth-order valence-electron chi connectivity index (χ4n) is 4.67. The first-order valence-electron chi connectivity index (χ1n) is 11.9. The predicted molar refractivity (Wildman–Crippen MR) is 138 cm³/mol. The Morgan fingerprint density at radius 2 is 2.00 bits per heavy atom. The first-order chi connectivity index (χ1) is 17.5. The first-order valence-corrected chi connectivity index (χ1v) is 11.9. The molecule has 4 heterocycles. The van der Waals surface area contributed by atoms with Gasteiger partial charge in [-0.3, -0.25) is 14.0 Å². The molecular formula is C27H27N7O2. The van der Waals surface area contributed by atoms with Crippen molar-refractivity contribution in [1.29, 1.82) is 0 Å². The number of carbonyl (C=O) groups is 2. The van der Waals surface area contributed by atoms with E-state index in [-0.39, 0.29) is 17.9 Å². The highest BCUT2D eigenvalue weighted by Gasteiger charge is 2.33. The van der Waals surface area contributed by atoms with Crippen molar-refractivity contribution in [1.82, 2.24) is 24.3 Å². The van der Waals surface area contributed by atoms with E-state index < -0.39 is 0 Å². The van der Waals surface area contributed by atoms with Crippen LogP contribution < -0.4 is 11.1 Å². The highest BCUT2D eigenvalue weighted by molar-refractivity contribution is 6.04. The largest absolute Gasteiger partial charge is 0.382 e. The smallest absolute Gasteiger partial charge is 0.256 e. The molecule has 0 saturated carbocycles. The van der Waals surface area contributed by atoms with E-state index >= 15 is 0 Å². The number of carbonyl (C=O) groups excluding carboxylic acids is 2. The molecule has 1 aliphatic heterocycles. The standard InChI is InChI=1S/C27H27N7O2/c1-3-17-11-12-29-21(16-17)31-27(36)19-9-7-18(8-10-19)23-24-25(28)30-13-15-34(24)26(32-23)20-6-5-14-33(20)22(35)4-2/h4,7-13,15-16,20H,2-3,5-6,14H2,1H3,(H2,28,30)(H,29,31,36). The lowest BCUT2D eigenvalue weighted by Crippen LogP contribution is -2.29. The van der Waals surface area contributed by atoms with Crippen molar-refractivity contribution >= 4 is 29.0 Å². The molecule has 1 saturated heterocycles. The van der Waals surface area contributed by atoms with Gasteiger partial charge in [0.2, 0.25) is 5.91 Å². The van der Waals surface area contributed by atoms with Gasteiger partial charge in [-0.1, -0.05) is 25.6 Å². The number of nitrogens with one attached hydrogen (secondary N) is 1. The van der Waals surface area contributed by atoms with E-state index in [4.69, 9.17) is 10.7 Å². The van der Waals surface area contributed by atoms with Gasteiger partial charge < -0.3 is 16.0 Å². The van der Waals surface area contributed by atoms with E-state index in [0.29, 0.717) is 35.0 Å². The molecule has 0 bridgehead atoms. The van der Waals surface area contributed by atoms with E-state index in [1.165, 1.54) is 6.08 Å². The number of pyridine rings is 1. The number of imidazole rings is 1. The number of rotatable bonds is 6. The van der Waals surface area contributed by atoms with Crippen LogP contribution in [0.25, 0.3) is 16.8 Å². The monoisotopic (exact) mass is 481 g/mol. The quantitative estimate of drug-likeness (QED) is 0.401. The zero-order valence-corrected chi connectivity index (χ0v) is 20.0. The third-order valence-corrected chi connectivity index (χ3v) is 6.51. The fourth-order valence-corrected chi connectivity index (χ4v) is 4.67. The van der Waals surface area contributed by atoms with Crippen molar-refractivity contribution in [2.24, 2.45) is 0 Å². The van der Waals surface area contributed by atoms with Gasteiger partial charge in [0.15, 0.2) is 0 Å². The lowest BCUT2D eigenvalue weighted by molar-refractivity contribution is -0.127. The zero-order chi connectivity index (χ0) is 25.2. The van der Waals surface area contributed by atoms with Gasteiger partial charge in [0.05, 0.1) is 6.04 Å². The number of likely N-dealkylation sites (tertiary alicyclic amines) is 1. The minimum atomic E-state index is -0.247. The minimum Gasteiger partial charge on any atom is -0.382 e. The SMILES string of the molecule is C=CC(=O)N1CCCC1c1nc(-c2ccc(C(=O)Nc3cc(CC)ccn3)cc2)c2c(N)nccn12. The van der Waals surface area contributed by atoms with Crippen molar-refractivity contribution in [2.45, 2.75) is 32.2 Å². The van der Waals surface area contributed by atoms with Crippen molar-refractivity contribution in [3.8, 4) is 11.3 Å². The number of aryl methyl sites for hydroxylation is 1. The Kier molecular flexibility index (Phi) is 6.20. The Hall–Kier alpha value is -4.53. The van der Waals surface area contributed by atoms with E-state index in [0.717, 1.165) is 36.2 Å². The second-order valence-corrected chi connectivity index (χ2v) is 8.68. The van der Waals surface area contributed by atoms with E-state index in [1.54, 1.807) is 29.4 Å². The summed E-state index contributed by atoms with van der Waals surface area (Å²) in [5, 5.41) is 2.85. The molecule has 1 unspecified atom stereocenters. The second-order valence-electron chi connectivity index (χ2n) is 8.68. The Morgan fingerprint density at radius 1 is 1.19 bits per heavy atom. The third-order valence-electron chi connectivity index (χ3n) is 6.51. The summed E-state index contributed by atoms with van der Waals surface area (Å²) in [6.07, 6.45) is 9.00. The van der Waals surface area contributed by atoms with Crippen LogP contribution in [0, 0.1) is 0 Å². The molecule has 0 aliphatic carbocycles. The second kappa shape index (κ2) is 9.61. The third kappa shape index (κ3) is 4.19. The molecule has 1 atom stereocenters. The molecule has 3 N–H and O–H groups in total. The fraction of sp³-hybridized carbons (Fsp3) is 0.222. The first kappa shape index (κ1) is 23.2. The van der Waals surface area contributed by atoms with Crippen molar-refractivity contribution in [3.63, 3.8) is 0 Å². The Labute approximate surface area is 208 Å². The molecular weight excluding hydrogens is 454 g/mol. The molecule has 5 rings (SSSR count). The number of nitrogen functional groups attached to an aromatic ring is 1. The minimum absolute atomic E-state index is 0.118. The summed E-state index contributed by atoms with van der Waals surface area (Å²) in [7, 11) is 0. The van der Waals surface area contributed by atoms with Crippen LogP contribution >= 0.6 is 0 Å². The van der Waals surface area contributed by atoms with Gasteiger partial charge in [-0.25, -0.2) is 15.0 Å². The van der Waals surface area contributed by atoms with Gasteiger partial charge in [-0.05, 0) is 55.2 Å². The lowest BCUT2D eigenvalue weighted by atomic mass is 10.1. The zero-order valence-electron chi connectivity index (χ0n) is 20.0. The molecule has 9 heteroatoms. The highest BCUT2D eigenvalue weighted by Crippen LogP contribution is 2.36. The lowest BCUT2D eigenvalue weighted by Gasteiger charge is -2.22. The molecule has 0 radical (unpaired) electrons. The van der Waals surface area contributed by atoms with E-state index in [2.05, 4.69) is 28.8 Å². The Balaban J connectivity index is 1.48. The summed E-state index contributed by atoms with van der Waals surface area (Å²) in [5.74, 6) is 1.22. The molecule has 1 aromatic carbocycles. The van der Waals surface area contributed by atoms with Crippen molar-refractivity contribution < 1.29 is 9.59 Å². The van der Waals surface area contributed by atoms with Crippen LogP contribution in [0.1, 0.15) is 47.6 Å². The summed E-state index contributed by atoms with van der Waals surface area (Å²) in [6, 6.07) is 10.8. The van der Waals surface area contributed by atoms with Gasteiger partial charge >= 0.3 is 0 Å². The summed E-state index contributed by atoms with van der Waals surface area (Å²) in [5.41, 5.74) is 9.98. The molecule has 9 nitrogen and oxygen atoms in total. The number of anilines is 2. The topological polar surface area (TPSA) is 119 Å². The average molecular weight is 482 g/mol. The predicted octanol–water partition coefficient (Wildman–Crippen LogP) is 4.04. The van der Waals surface area contributed by atoms with Crippen molar-refractivity contribution in [3.05, 3.63) is 84.6 Å². The molecule has 36 heavy (non-hydrogen) atoms. The van der Waals surface area contributed by atoms with E-state index in [1.807, 2.05) is 34.9 Å². The molecule has 3 aromatic heterocycles. The maximum Gasteiger partial charge on any atom is 0.256 e. The van der Waals surface area contributed by atoms with Gasteiger partial charge in [-0.2, -0.15) is 0 Å². The number of nitrogens with zero attached hydrogens (tertiary/aromatic N) is 5. The van der Waals surface area contributed by atoms with Crippen LogP contribution in [-0.4, -0.2) is 42.6 Å². The average Bonchev–Trinajstić information content (AvgIpc) is 3.54. The number of fused-ring (bicyclic) bond motifs is 1. The number of aromatic nitrogens is 4. The maximum atomic E-state index is 12.8.